The molecule has 0 aliphatic rings. The van der Waals surface area contributed by atoms with Gasteiger partial charge in [0, 0.05) is 17.1 Å². The van der Waals surface area contributed by atoms with Crippen molar-refractivity contribution in [2.24, 2.45) is 0 Å². The number of hydrogen-bond donors (Lipinski definition) is 1. The van der Waals surface area contributed by atoms with Crippen LogP contribution >= 0.6 is 11.6 Å². The molecular formula is C21H13ClF3N3O3. The Labute approximate surface area is 178 Å². The van der Waals surface area contributed by atoms with Crippen molar-refractivity contribution in [3.05, 3.63) is 77.1 Å². The molecule has 0 radical (unpaired) electrons. The fraction of sp³-hybridized carbons (Fsp3) is 0.0952. The standard InChI is InChI=1S/C21H13ClF3N3O3/c22-18-15-3-1-2-4-16(15)27-19(17(18)20(29)30)13-9-26-28(11-13)10-12-5-7-14(8-6-12)31-21(23,24)25/h1-9,11H,10H2,(H,29,30). The highest BCUT2D eigenvalue weighted by Gasteiger charge is 2.31. The average molecular weight is 448 g/mol. The van der Waals surface area contributed by atoms with Crippen molar-refractivity contribution in [3.63, 3.8) is 0 Å². The molecule has 0 unspecified atom stereocenters. The summed E-state index contributed by atoms with van der Waals surface area (Å²) in [6.45, 7) is 0.246. The molecule has 4 aromatic rings. The summed E-state index contributed by atoms with van der Waals surface area (Å²) in [4.78, 5) is 16.3. The zero-order valence-electron chi connectivity index (χ0n) is 15.6. The summed E-state index contributed by atoms with van der Waals surface area (Å²) in [7, 11) is 0. The van der Waals surface area contributed by atoms with Gasteiger partial charge in [0.25, 0.3) is 0 Å². The number of rotatable bonds is 5. The van der Waals surface area contributed by atoms with Gasteiger partial charge in [0.05, 0.1) is 29.0 Å². The quantitative estimate of drug-likeness (QED) is 0.443. The first-order chi connectivity index (χ1) is 14.7. The van der Waals surface area contributed by atoms with Gasteiger partial charge in [-0.15, -0.1) is 13.2 Å². The van der Waals surface area contributed by atoms with E-state index in [9.17, 15) is 23.1 Å². The minimum Gasteiger partial charge on any atom is -0.478 e. The summed E-state index contributed by atoms with van der Waals surface area (Å²) >= 11 is 6.35. The third kappa shape index (κ3) is 4.46. The lowest BCUT2D eigenvalue weighted by atomic mass is 10.1. The number of ether oxygens (including phenoxy) is 1. The Hall–Kier alpha value is -3.59. The number of nitrogens with zero attached hydrogens (tertiary/aromatic N) is 3. The maximum atomic E-state index is 12.3. The van der Waals surface area contributed by atoms with E-state index in [4.69, 9.17) is 11.6 Å². The second-order valence-corrected chi connectivity index (χ2v) is 6.97. The molecule has 2 aromatic carbocycles. The second-order valence-electron chi connectivity index (χ2n) is 6.59. The zero-order chi connectivity index (χ0) is 22.2. The van der Waals surface area contributed by atoms with Crippen LogP contribution in [0, 0.1) is 0 Å². The molecule has 0 aliphatic carbocycles. The third-order valence-corrected chi connectivity index (χ3v) is 4.84. The number of alkyl halides is 3. The Morgan fingerprint density at radius 1 is 1.13 bits per heavy atom. The van der Waals surface area contributed by atoms with Crippen molar-refractivity contribution in [2.45, 2.75) is 12.9 Å². The Bertz CT molecular complexity index is 1270. The molecule has 0 spiro atoms. The molecule has 10 heteroatoms. The number of fused-ring (bicyclic) bond motifs is 1. The lowest BCUT2D eigenvalue weighted by Crippen LogP contribution is -2.17. The molecule has 0 saturated carbocycles. The molecule has 0 saturated heterocycles. The first-order valence-corrected chi connectivity index (χ1v) is 9.28. The van der Waals surface area contributed by atoms with Crippen LogP contribution in [0.4, 0.5) is 13.2 Å². The van der Waals surface area contributed by atoms with E-state index in [0.29, 0.717) is 22.0 Å². The van der Waals surface area contributed by atoms with E-state index in [1.807, 2.05) is 0 Å². The van der Waals surface area contributed by atoms with Gasteiger partial charge >= 0.3 is 12.3 Å². The Morgan fingerprint density at radius 2 is 1.84 bits per heavy atom. The van der Waals surface area contributed by atoms with Crippen molar-refractivity contribution in [2.75, 3.05) is 0 Å². The van der Waals surface area contributed by atoms with E-state index < -0.39 is 12.3 Å². The van der Waals surface area contributed by atoms with Crippen LogP contribution < -0.4 is 4.74 Å². The number of benzene rings is 2. The van der Waals surface area contributed by atoms with Crippen LogP contribution in [0.15, 0.2) is 60.9 Å². The van der Waals surface area contributed by atoms with Crippen LogP contribution in [0.1, 0.15) is 15.9 Å². The van der Waals surface area contributed by atoms with Gasteiger partial charge in [-0.25, -0.2) is 9.78 Å². The molecule has 2 heterocycles. The van der Waals surface area contributed by atoms with Crippen LogP contribution in [-0.4, -0.2) is 32.2 Å². The Morgan fingerprint density at radius 3 is 2.52 bits per heavy atom. The number of aromatic nitrogens is 3. The van der Waals surface area contributed by atoms with Crippen LogP contribution in [0.5, 0.6) is 5.75 Å². The van der Waals surface area contributed by atoms with Crippen LogP contribution in [-0.2, 0) is 6.54 Å². The van der Waals surface area contributed by atoms with Crippen LogP contribution in [0.2, 0.25) is 5.02 Å². The molecule has 0 bridgehead atoms. The summed E-state index contributed by atoms with van der Waals surface area (Å²) in [6.07, 6.45) is -1.70. The van der Waals surface area contributed by atoms with Crippen molar-refractivity contribution >= 4 is 28.5 Å². The Kier molecular flexibility index (Phi) is 5.28. The minimum atomic E-state index is -4.76. The van der Waals surface area contributed by atoms with E-state index >= 15 is 0 Å². The van der Waals surface area contributed by atoms with E-state index in [0.717, 1.165) is 0 Å². The lowest BCUT2D eigenvalue weighted by molar-refractivity contribution is -0.274. The molecule has 0 fully saturated rings. The highest BCUT2D eigenvalue weighted by molar-refractivity contribution is 6.38. The molecule has 0 amide bonds. The summed E-state index contributed by atoms with van der Waals surface area (Å²) < 4.78 is 42.2. The van der Waals surface area contributed by atoms with Gasteiger partial charge in [0.15, 0.2) is 0 Å². The van der Waals surface area contributed by atoms with E-state index in [1.54, 1.807) is 30.5 Å². The normalized spacial score (nSPS) is 11.6. The van der Waals surface area contributed by atoms with Crippen molar-refractivity contribution in [1.82, 2.24) is 14.8 Å². The van der Waals surface area contributed by atoms with E-state index in [2.05, 4.69) is 14.8 Å². The number of carbonyl (C=O) groups is 1. The topological polar surface area (TPSA) is 77.2 Å². The number of pyridine rings is 1. The molecule has 6 nitrogen and oxygen atoms in total. The third-order valence-electron chi connectivity index (χ3n) is 4.45. The number of carboxylic acids is 1. The van der Waals surface area contributed by atoms with Gasteiger partial charge in [-0.2, -0.15) is 5.10 Å². The predicted molar refractivity (Wildman–Crippen MR) is 107 cm³/mol. The second kappa shape index (κ2) is 7.92. The largest absolute Gasteiger partial charge is 0.573 e. The highest BCUT2D eigenvalue weighted by atomic mass is 35.5. The molecule has 2 aromatic heterocycles. The minimum absolute atomic E-state index is 0.0844. The van der Waals surface area contributed by atoms with E-state index in [-0.39, 0.29) is 28.6 Å². The molecule has 4 rings (SSSR count). The molecule has 0 atom stereocenters. The van der Waals surface area contributed by atoms with E-state index in [1.165, 1.54) is 35.1 Å². The summed E-state index contributed by atoms with van der Waals surface area (Å²) in [5.74, 6) is -1.54. The monoisotopic (exact) mass is 447 g/mol. The lowest BCUT2D eigenvalue weighted by Gasteiger charge is -2.09. The SMILES string of the molecule is O=C(O)c1c(-c2cnn(Cc3ccc(OC(F)(F)F)cc3)c2)nc2ccccc2c1Cl. The maximum absolute atomic E-state index is 12.3. The molecule has 158 valence electrons. The first-order valence-electron chi connectivity index (χ1n) is 8.90. The van der Waals surface area contributed by atoms with Gasteiger partial charge in [-0.3, -0.25) is 4.68 Å². The maximum Gasteiger partial charge on any atom is 0.573 e. The fourth-order valence-corrected chi connectivity index (χ4v) is 3.46. The number of carboxylic acid groups (broad SMARTS) is 1. The first kappa shape index (κ1) is 20.7. The summed E-state index contributed by atoms with van der Waals surface area (Å²) in [6, 6.07) is 12.3. The smallest absolute Gasteiger partial charge is 0.478 e. The molecule has 1 N–H and O–H groups in total. The van der Waals surface area contributed by atoms with Crippen LogP contribution in [0.25, 0.3) is 22.2 Å². The molecule has 31 heavy (non-hydrogen) atoms. The Balaban J connectivity index is 1.64. The molecular weight excluding hydrogens is 435 g/mol. The van der Waals surface area contributed by atoms with Crippen molar-refractivity contribution < 1.29 is 27.8 Å². The average Bonchev–Trinajstić information content (AvgIpc) is 3.16. The van der Waals surface area contributed by atoms with Gasteiger partial charge in [-0.1, -0.05) is 41.9 Å². The van der Waals surface area contributed by atoms with Gasteiger partial charge in [0.1, 0.15) is 11.3 Å². The number of halogens is 4. The number of hydrogen-bond acceptors (Lipinski definition) is 4. The number of para-hydroxylation sites is 1. The number of aromatic carboxylic acids is 1. The van der Waals surface area contributed by atoms with Gasteiger partial charge < -0.3 is 9.84 Å². The predicted octanol–water partition coefficient (Wildman–Crippen LogP) is 5.40. The highest BCUT2D eigenvalue weighted by Crippen LogP contribution is 2.33. The summed E-state index contributed by atoms with van der Waals surface area (Å²) in [5.41, 5.74) is 1.71. The van der Waals surface area contributed by atoms with Gasteiger partial charge in [-0.05, 0) is 23.8 Å². The van der Waals surface area contributed by atoms with Crippen LogP contribution in [0.3, 0.4) is 0 Å². The summed E-state index contributed by atoms with van der Waals surface area (Å²) in [5, 5.41) is 14.5. The zero-order valence-corrected chi connectivity index (χ0v) is 16.4. The van der Waals surface area contributed by atoms with Crippen molar-refractivity contribution in [1.29, 1.82) is 0 Å². The van der Waals surface area contributed by atoms with Gasteiger partial charge in [0.2, 0.25) is 0 Å². The van der Waals surface area contributed by atoms with Crippen molar-refractivity contribution in [3.8, 4) is 17.0 Å². The fourth-order valence-electron chi connectivity index (χ4n) is 3.13. The molecule has 0 aliphatic heterocycles.